The van der Waals surface area contributed by atoms with E-state index in [1.165, 1.54) is 29.3 Å². The van der Waals surface area contributed by atoms with Crippen LogP contribution < -0.4 is 5.32 Å². The molecule has 0 aliphatic heterocycles. The molecule has 2 aromatic heterocycles. The lowest BCUT2D eigenvalue weighted by Gasteiger charge is -2.09. The molecule has 0 unspecified atom stereocenters. The highest BCUT2D eigenvalue weighted by Gasteiger charge is 2.14. The minimum atomic E-state index is -0.653. The predicted octanol–water partition coefficient (Wildman–Crippen LogP) is 2.47. The van der Waals surface area contributed by atoms with Gasteiger partial charge >= 0.3 is 5.97 Å². The molecule has 0 spiro atoms. The summed E-state index contributed by atoms with van der Waals surface area (Å²) in [7, 11) is 0. The summed E-state index contributed by atoms with van der Waals surface area (Å²) < 4.78 is 6.43. The molecule has 0 bridgehead atoms. The SMILES string of the molecule is Cc1c(Cl)cnc(NC(=O)COC(=O)c2ccc(-n3cnnn3)cc2)c1Cl. The molecule has 0 fully saturated rings. The van der Waals surface area contributed by atoms with Crippen molar-refractivity contribution in [3.63, 3.8) is 0 Å². The van der Waals surface area contributed by atoms with Crippen LogP contribution in [0.15, 0.2) is 36.8 Å². The molecule has 0 saturated carbocycles. The van der Waals surface area contributed by atoms with Gasteiger partial charge in [-0.2, -0.15) is 0 Å². The zero-order valence-corrected chi connectivity index (χ0v) is 15.4. The molecule has 11 heteroatoms. The van der Waals surface area contributed by atoms with E-state index in [1.54, 1.807) is 19.1 Å². The average Bonchev–Trinajstić information content (AvgIpc) is 3.21. The van der Waals surface area contributed by atoms with E-state index >= 15 is 0 Å². The van der Waals surface area contributed by atoms with E-state index < -0.39 is 18.5 Å². The van der Waals surface area contributed by atoms with Gasteiger partial charge in [-0.3, -0.25) is 4.79 Å². The molecule has 1 N–H and O–H groups in total. The lowest BCUT2D eigenvalue weighted by molar-refractivity contribution is -0.119. The number of nitrogens with one attached hydrogen (secondary N) is 1. The van der Waals surface area contributed by atoms with Gasteiger partial charge in [0.2, 0.25) is 0 Å². The zero-order valence-electron chi connectivity index (χ0n) is 13.9. The van der Waals surface area contributed by atoms with Gasteiger partial charge in [0.1, 0.15) is 6.33 Å². The molecule has 3 rings (SSSR count). The first-order chi connectivity index (χ1) is 13.0. The summed E-state index contributed by atoms with van der Waals surface area (Å²) >= 11 is 12.0. The van der Waals surface area contributed by atoms with Crippen LogP contribution >= 0.6 is 23.2 Å². The quantitative estimate of drug-likeness (QED) is 0.647. The van der Waals surface area contributed by atoms with E-state index in [0.717, 1.165) is 0 Å². The summed E-state index contributed by atoms with van der Waals surface area (Å²) in [6, 6.07) is 6.37. The van der Waals surface area contributed by atoms with Crippen LogP contribution in [0.4, 0.5) is 5.82 Å². The average molecular weight is 407 g/mol. The minimum Gasteiger partial charge on any atom is -0.452 e. The Morgan fingerprint density at radius 1 is 1.22 bits per heavy atom. The number of tetrazole rings is 1. The molecular formula is C16H12Cl2N6O3. The first kappa shape index (κ1) is 18.7. The zero-order chi connectivity index (χ0) is 19.4. The van der Waals surface area contributed by atoms with Crippen LogP contribution in [-0.4, -0.2) is 43.7 Å². The van der Waals surface area contributed by atoms with Crippen molar-refractivity contribution in [2.45, 2.75) is 6.92 Å². The van der Waals surface area contributed by atoms with Crippen molar-refractivity contribution >= 4 is 40.9 Å². The molecule has 0 aliphatic rings. The molecule has 0 atom stereocenters. The van der Waals surface area contributed by atoms with Gasteiger partial charge in [0.15, 0.2) is 12.4 Å². The monoisotopic (exact) mass is 406 g/mol. The topological polar surface area (TPSA) is 112 Å². The van der Waals surface area contributed by atoms with E-state index in [0.29, 0.717) is 16.3 Å². The third kappa shape index (κ3) is 4.39. The number of amides is 1. The Labute approximate surface area is 163 Å². The molecule has 3 aromatic rings. The fourth-order valence-electron chi connectivity index (χ4n) is 2.06. The predicted molar refractivity (Wildman–Crippen MR) is 97.1 cm³/mol. The summed E-state index contributed by atoms with van der Waals surface area (Å²) in [6.07, 6.45) is 2.80. The fourth-order valence-corrected chi connectivity index (χ4v) is 2.45. The molecule has 9 nitrogen and oxygen atoms in total. The van der Waals surface area contributed by atoms with Crippen molar-refractivity contribution in [1.29, 1.82) is 0 Å². The minimum absolute atomic E-state index is 0.144. The number of aromatic nitrogens is 5. The van der Waals surface area contributed by atoms with E-state index in [9.17, 15) is 9.59 Å². The van der Waals surface area contributed by atoms with Gasteiger partial charge in [-0.05, 0) is 47.2 Å². The second kappa shape index (κ2) is 8.11. The first-order valence-electron chi connectivity index (χ1n) is 7.56. The van der Waals surface area contributed by atoms with Crippen LogP contribution in [0.5, 0.6) is 0 Å². The number of nitrogens with zero attached hydrogens (tertiary/aromatic N) is 5. The second-order valence-electron chi connectivity index (χ2n) is 5.32. The summed E-state index contributed by atoms with van der Waals surface area (Å²) in [5.41, 5.74) is 1.54. The first-order valence-corrected chi connectivity index (χ1v) is 8.32. The summed E-state index contributed by atoms with van der Waals surface area (Å²) in [6.45, 7) is 1.20. The highest BCUT2D eigenvalue weighted by molar-refractivity contribution is 6.37. The van der Waals surface area contributed by atoms with Crippen molar-refractivity contribution in [2.75, 3.05) is 11.9 Å². The van der Waals surface area contributed by atoms with Gasteiger partial charge in [0.25, 0.3) is 5.91 Å². The number of ether oxygens (including phenoxy) is 1. The Kier molecular flexibility index (Phi) is 5.63. The molecule has 2 heterocycles. The largest absolute Gasteiger partial charge is 0.452 e. The number of carbonyl (C=O) groups excluding carboxylic acids is 2. The number of pyridine rings is 1. The van der Waals surface area contributed by atoms with Gasteiger partial charge < -0.3 is 10.1 Å². The highest BCUT2D eigenvalue weighted by Crippen LogP contribution is 2.28. The Bertz CT molecular complexity index is 977. The van der Waals surface area contributed by atoms with E-state index in [2.05, 4.69) is 25.8 Å². The lowest BCUT2D eigenvalue weighted by atomic mass is 10.2. The molecule has 27 heavy (non-hydrogen) atoms. The van der Waals surface area contributed by atoms with Gasteiger partial charge in [0.05, 0.1) is 21.3 Å². The van der Waals surface area contributed by atoms with Gasteiger partial charge in [-0.1, -0.05) is 23.2 Å². The van der Waals surface area contributed by atoms with Crippen LogP contribution in [0.1, 0.15) is 15.9 Å². The molecule has 0 radical (unpaired) electrons. The number of hydrogen-bond donors (Lipinski definition) is 1. The van der Waals surface area contributed by atoms with Crippen molar-refractivity contribution in [2.24, 2.45) is 0 Å². The number of anilines is 1. The summed E-state index contributed by atoms with van der Waals surface area (Å²) in [4.78, 5) is 28.0. The van der Waals surface area contributed by atoms with E-state index in [4.69, 9.17) is 27.9 Å². The Hall–Kier alpha value is -3.04. The third-order valence-electron chi connectivity index (χ3n) is 3.51. The molecule has 0 aliphatic carbocycles. The Balaban J connectivity index is 1.57. The van der Waals surface area contributed by atoms with Gasteiger partial charge in [-0.25, -0.2) is 14.5 Å². The van der Waals surface area contributed by atoms with Crippen molar-refractivity contribution < 1.29 is 14.3 Å². The van der Waals surface area contributed by atoms with Crippen LogP contribution in [-0.2, 0) is 9.53 Å². The fraction of sp³-hybridized carbons (Fsp3) is 0.125. The standard InChI is InChI=1S/C16H12Cl2N6O3/c1-9-12(17)6-19-15(14(9)18)21-13(25)7-27-16(26)10-2-4-11(5-3-10)24-8-20-22-23-24/h2-6,8H,7H2,1H3,(H,19,21,25). The number of esters is 1. The molecule has 138 valence electrons. The number of rotatable bonds is 5. The van der Waals surface area contributed by atoms with Crippen molar-refractivity contribution in [3.8, 4) is 5.69 Å². The van der Waals surface area contributed by atoms with Crippen LogP contribution in [0.25, 0.3) is 5.69 Å². The van der Waals surface area contributed by atoms with Gasteiger partial charge in [-0.15, -0.1) is 5.10 Å². The smallest absolute Gasteiger partial charge is 0.338 e. The maximum Gasteiger partial charge on any atom is 0.338 e. The Morgan fingerprint density at radius 2 is 1.96 bits per heavy atom. The number of carbonyl (C=O) groups is 2. The second-order valence-corrected chi connectivity index (χ2v) is 6.10. The van der Waals surface area contributed by atoms with Crippen LogP contribution in [0.3, 0.4) is 0 Å². The van der Waals surface area contributed by atoms with Crippen molar-refractivity contribution in [1.82, 2.24) is 25.2 Å². The van der Waals surface area contributed by atoms with E-state index in [-0.39, 0.29) is 16.4 Å². The summed E-state index contributed by atoms with van der Waals surface area (Å²) in [5.74, 6) is -1.09. The van der Waals surface area contributed by atoms with Crippen molar-refractivity contribution in [3.05, 3.63) is 58.0 Å². The summed E-state index contributed by atoms with van der Waals surface area (Å²) in [5, 5.41) is 13.9. The molecule has 0 saturated heterocycles. The van der Waals surface area contributed by atoms with E-state index in [1.807, 2.05) is 0 Å². The highest BCUT2D eigenvalue weighted by atomic mass is 35.5. The maximum atomic E-state index is 12.1. The normalized spacial score (nSPS) is 10.5. The Morgan fingerprint density at radius 3 is 2.63 bits per heavy atom. The van der Waals surface area contributed by atoms with Crippen LogP contribution in [0, 0.1) is 6.92 Å². The molecule has 1 aromatic carbocycles. The number of halogens is 2. The van der Waals surface area contributed by atoms with Crippen LogP contribution in [0.2, 0.25) is 10.0 Å². The maximum absolute atomic E-state index is 12.1. The van der Waals surface area contributed by atoms with Gasteiger partial charge in [0, 0.05) is 6.20 Å². The molecular weight excluding hydrogens is 395 g/mol. The number of benzene rings is 1. The lowest BCUT2D eigenvalue weighted by Crippen LogP contribution is -2.21. The third-order valence-corrected chi connectivity index (χ3v) is 4.35. The number of hydrogen-bond acceptors (Lipinski definition) is 7. The molecule has 1 amide bonds.